The smallest absolute Gasteiger partial charge is 0.228 e. The highest BCUT2D eigenvalue weighted by atomic mass is 32.2. The zero-order valence-corrected chi connectivity index (χ0v) is 17.2. The van der Waals surface area contributed by atoms with Gasteiger partial charge in [-0.25, -0.2) is 8.42 Å². The van der Waals surface area contributed by atoms with Gasteiger partial charge in [0.1, 0.15) is 0 Å². The molecule has 6 nitrogen and oxygen atoms in total. The molecule has 3 atom stereocenters. The summed E-state index contributed by atoms with van der Waals surface area (Å²) >= 11 is 0. The number of carbonyl (C=O) groups is 2. The molecule has 0 aromatic heterocycles. The normalized spacial score (nSPS) is 26.0. The van der Waals surface area contributed by atoms with Crippen LogP contribution in [0.3, 0.4) is 0 Å². The van der Waals surface area contributed by atoms with Crippen LogP contribution in [0.25, 0.3) is 0 Å². The highest BCUT2D eigenvalue weighted by Crippen LogP contribution is 2.42. The number of aryl methyl sites for hydroxylation is 1. The maximum atomic E-state index is 12.7. The van der Waals surface area contributed by atoms with Gasteiger partial charge in [0, 0.05) is 18.8 Å². The fourth-order valence-electron chi connectivity index (χ4n) is 3.84. The lowest BCUT2D eigenvalue weighted by Gasteiger charge is -2.23. The molecule has 1 N–H and O–H groups in total. The number of hydrogen-bond donors (Lipinski definition) is 1. The van der Waals surface area contributed by atoms with Crippen molar-refractivity contribution in [2.75, 3.05) is 23.9 Å². The number of nitrogens with zero attached hydrogens (tertiary/aromatic N) is 1. The largest absolute Gasteiger partial charge is 0.341 e. The summed E-state index contributed by atoms with van der Waals surface area (Å²) in [5, 5.41) is 3.02. The Hall–Kier alpha value is -1.89. The van der Waals surface area contributed by atoms with Crippen molar-refractivity contribution in [1.29, 1.82) is 0 Å². The van der Waals surface area contributed by atoms with Crippen molar-refractivity contribution in [3.8, 4) is 0 Å². The average Bonchev–Trinajstić information content (AvgIpc) is 3.32. The minimum atomic E-state index is -3.04. The van der Waals surface area contributed by atoms with E-state index < -0.39 is 9.84 Å². The summed E-state index contributed by atoms with van der Waals surface area (Å²) in [5.74, 6) is -0.479. The molecule has 0 spiro atoms. The van der Waals surface area contributed by atoms with Gasteiger partial charge in [-0.15, -0.1) is 0 Å². The summed E-state index contributed by atoms with van der Waals surface area (Å²) in [4.78, 5) is 26.9. The zero-order chi connectivity index (χ0) is 19.9. The van der Waals surface area contributed by atoms with Gasteiger partial charge in [-0.3, -0.25) is 9.59 Å². The zero-order valence-electron chi connectivity index (χ0n) is 16.4. The molecule has 3 rings (SSSR count). The van der Waals surface area contributed by atoms with Crippen molar-refractivity contribution in [3.05, 3.63) is 29.3 Å². The van der Waals surface area contributed by atoms with Gasteiger partial charge in [0.05, 0.1) is 23.3 Å². The molecule has 1 aliphatic heterocycles. The van der Waals surface area contributed by atoms with Crippen LogP contribution in [0.2, 0.25) is 0 Å². The van der Waals surface area contributed by atoms with Crippen LogP contribution >= 0.6 is 0 Å². The molecule has 1 aliphatic carbocycles. The van der Waals surface area contributed by atoms with E-state index in [-0.39, 0.29) is 47.1 Å². The van der Waals surface area contributed by atoms with Crippen LogP contribution in [0.5, 0.6) is 0 Å². The van der Waals surface area contributed by atoms with E-state index in [4.69, 9.17) is 0 Å². The Labute approximate surface area is 161 Å². The molecule has 1 saturated carbocycles. The Morgan fingerprint density at radius 3 is 2.52 bits per heavy atom. The molecule has 1 aromatic carbocycles. The third-order valence-corrected chi connectivity index (χ3v) is 7.47. The van der Waals surface area contributed by atoms with Gasteiger partial charge in [0.25, 0.3) is 0 Å². The van der Waals surface area contributed by atoms with Gasteiger partial charge in [-0.1, -0.05) is 32.0 Å². The number of para-hydroxylation sites is 1. The van der Waals surface area contributed by atoms with Gasteiger partial charge in [0.2, 0.25) is 11.8 Å². The molecule has 1 heterocycles. The Morgan fingerprint density at radius 2 is 1.93 bits per heavy atom. The van der Waals surface area contributed by atoms with Gasteiger partial charge in [0.15, 0.2) is 9.84 Å². The number of carbonyl (C=O) groups excluding carboxylic acids is 2. The predicted octanol–water partition coefficient (Wildman–Crippen LogP) is 2.34. The van der Waals surface area contributed by atoms with Crippen LogP contribution in [0, 0.1) is 18.8 Å². The third-order valence-electron chi connectivity index (χ3n) is 5.72. The minimum absolute atomic E-state index is 0.0276. The molecule has 148 valence electrons. The van der Waals surface area contributed by atoms with E-state index in [9.17, 15) is 18.0 Å². The number of rotatable bonds is 5. The van der Waals surface area contributed by atoms with Crippen LogP contribution in [0.1, 0.15) is 43.7 Å². The number of anilines is 1. The van der Waals surface area contributed by atoms with Gasteiger partial charge < -0.3 is 10.2 Å². The number of sulfone groups is 1. The van der Waals surface area contributed by atoms with E-state index in [1.165, 1.54) is 4.90 Å². The fraction of sp³-hybridized carbons (Fsp3) is 0.600. The number of nitrogens with one attached hydrogen (secondary N) is 1. The highest BCUT2D eigenvalue weighted by molar-refractivity contribution is 7.91. The van der Waals surface area contributed by atoms with Crippen molar-refractivity contribution in [2.24, 2.45) is 11.8 Å². The number of hydrogen-bond acceptors (Lipinski definition) is 4. The van der Waals surface area contributed by atoms with E-state index in [0.29, 0.717) is 12.8 Å². The van der Waals surface area contributed by atoms with E-state index in [2.05, 4.69) is 19.2 Å². The quantitative estimate of drug-likeness (QED) is 0.834. The van der Waals surface area contributed by atoms with Crippen molar-refractivity contribution < 1.29 is 18.0 Å². The van der Waals surface area contributed by atoms with E-state index in [0.717, 1.165) is 16.8 Å². The molecular formula is C20H28N2O4S. The third kappa shape index (κ3) is 4.18. The molecule has 2 aliphatic rings. The molecule has 1 aromatic rings. The summed E-state index contributed by atoms with van der Waals surface area (Å²) in [6, 6.07) is 5.69. The summed E-state index contributed by atoms with van der Waals surface area (Å²) in [6.45, 7) is 6.13. The van der Waals surface area contributed by atoms with Crippen LogP contribution in [0.4, 0.5) is 5.69 Å². The Kier molecular flexibility index (Phi) is 5.34. The lowest BCUT2D eigenvalue weighted by molar-refractivity contribution is -0.134. The molecule has 27 heavy (non-hydrogen) atoms. The molecular weight excluding hydrogens is 364 g/mol. The molecule has 3 unspecified atom stereocenters. The second kappa shape index (κ2) is 7.26. The Morgan fingerprint density at radius 1 is 1.22 bits per heavy atom. The lowest BCUT2D eigenvalue weighted by Crippen LogP contribution is -2.39. The van der Waals surface area contributed by atoms with Gasteiger partial charge >= 0.3 is 0 Å². The van der Waals surface area contributed by atoms with E-state index in [1.54, 1.807) is 7.05 Å². The van der Waals surface area contributed by atoms with Crippen molar-refractivity contribution in [3.63, 3.8) is 0 Å². The lowest BCUT2D eigenvalue weighted by atomic mass is 9.98. The molecule has 1 saturated heterocycles. The predicted molar refractivity (Wildman–Crippen MR) is 105 cm³/mol. The highest BCUT2D eigenvalue weighted by Gasteiger charge is 2.50. The maximum Gasteiger partial charge on any atom is 0.228 e. The topological polar surface area (TPSA) is 83.6 Å². The van der Waals surface area contributed by atoms with Crippen LogP contribution in [-0.2, 0) is 19.4 Å². The molecule has 2 fully saturated rings. The van der Waals surface area contributed by atoms with E-state index >= 15 is 0 Å². The van der Waals surface area contributed by atoms with Gasteiger partial charge in [-0.2, -0.15) is 0 Å². The second-order valence-electron chi connectivity index (χ2n) is 8.14. The van der Waals surface area contributed by atoms with Crippen LogP contribution < -0.4 is 5.32 Å². The average molecular weight is 393 g/mol. The summed E-state index contributed by atoms with van der Waals surface area (Å²) < 4.78 is 23.3. The molecule has 2 amide bonds. The van der Waals surface area contributed by atoms with Crippen LogP contribution in [0.15, 0.2) is 18.2 Å². The first-order valence-electron chi connectivity index (χ1n) is 9.48. The monoisotopic (exact) mass is 392 g/mol. The minimum Gasteiger partial charge on any atom is -0.341 e. The first-order chi connectivity index (χ1) is 12.6. The molecule has 0 bridgehead atoms. The fourth-order valence-corrected chi connectivity index (χ4v) is 5.61. The second-order valence-corrected chi connectivity index (χ2v) is 10.4. The maximum absolute atomic E-state index is 12.7. The standard InChI is InChI=1S/C20H28N2O4S/c1-12(2)15-7-5-6-13(3)18(15)21-19(23)16-10-17(16)20(24)22(4)14-8-9-27(25,26)11-14/h5-7,12,14,16-17H,8-11H2,1-4H3,(H,21,23). The summed E-state index contributed by atoms with van der Waals surface area (Å²) in [6.07, 6.45) is 1.01. The molecule has 0 radical (unpaired) electrons. The first-order valence-corrected chi connectivity index (χ1v) is 11.3. The molecule has 7 heteroatoms. The van der Waals surface area contributed by atoms with Crippen molar-refractivity contribution in [2.45, 2.75) is 45.6 Å². The van der Waals surface area contributed by atoms with E-state index in [1.807, 2.05) is 25.1 Å². The SMILES string of the molecule is Cc1cccc(C(C)C)c1NC(=O)C1CC1C(=O)N(C)C1CCS(=O)(=O)C1. The Bertz CT molecular complexity index is 863. The summed E-state index contributed by atoms with van der Waals surface area (Å²) in [7, 11) is -1.39. The Balaban J connectivity index is 1.64. The van der Waals surface area contributed by atoms with Gasteiger partial charge in [-0.05, 0) is 36.8 Å². The number of benzene rings is 1. The van der Waals surface area contributed by atoms with Crippen molar-refractivity contribution in [1.82, 2.24) is 4.90 Å². The first kappa shape index (κ1) is 19.9. The van der Waals surface area contributed by atoms with Crippen molar-refractivity contribution >= 4 is 27.3 Å². The summed E-state index contributed by atoms with van der Waals surface area (Å²) in [5.41, 5.74) is 2.93. The van der Waals surface area contributed by atoms with Crippen LogP contribution in [-0.4, -0.2) is 49.7 Å². The number of amides is 2.